The molecule has 0 radical (unpaired) electrons. The van der Waals surface area contributed by atoms with Gasteiger partial charge >= 0.3 is 0 Å². The van der Waals surface area contributed by atoms with Gasteiger partial charge in [-0.1, -0.05) is 6.07 Å². The number of nitrogens with zero attached hydrogens (tertiary/aromatic N) is 1. The number of ether oxygens (including phenoxy) is 1. The Balaban J connectivity index is 1.99. The van der Waals surface area contributed by atoms with E-state index in [1.165, 1.54) is 0 Å². The first kappa shape index (κ1) is 11.7. The molecule has 98 valence electrons. The van der Waals surface area contributed by atoms with E-state index in [2.05, 4.69) is 15.5 Å². The molecular formula is C13H14N4O2. The number of fused-ring (bicyclic) bond motifs is 1. The minimum atomic E-state index is -0.140. The number of benzene rings is 1. The second kappa shape index (κ2) is 4.74. The second-order valence-electron chi connectivity index (χ2n) is 4.35. The van der Waals surface area contributed by atoms with E-state index in [-0.39, 0.29) is 12.5 Å². The minimum Gasteiger partial charge on any atom is -0.482 e. The molecule has 0 bridgehead atoms. The third kappa shape index (κ3) is 2.17. The van der Waals surface area contributed by atoms with Crippen molar-refractivity contribution in [3.8, 4) is 16.9 Å². The van der Waals surface area contributed by atoms with Crippen molar-refractivity contribution < 1.29 is 9.53 Å². The summed E-state index contributed by atoms with van der Waals surface area (Å²) in [4.78, 5) is 11.3. The van der Waals surface area contributed by atoms with Crippen molar-refractivity contribution in [1.29, 1.82) is 0 Å². The molecule has 6 heteroatoms. The fraction of sp³-hybridized carbons (Fsp3) is 0.231. The molecular weight excluding hydrogens is 244 g/mol. The fourth-order valence-corrected chi connectivity index (χ4v) is 2.15. The zero-order valence-corrected chi connectivity index (χ0v) is 10.3. The predicted molar refractivity (Wildman–Crippen MR) is 70.9 cm³/mol. The number of rotatable bonds is 3. The summed E-state index contributed by atoms with van der Waals surface area (Å²) in [6, 6.07) is 5.68. The van der Waals surface area contributed by atoms with E-state index in [1.54, 1.807) is 6.20 Å². The van der Waals surface area contributed by atoms with Crippen LogP contribution in [0, 0.1) is 0 Å². The van der Waals surface area contributed by atoms with Crippen LogP contribution in [0.1, 0.15) is 5.69 Å². The van der Waals surface area contributed by atoms with E-state index in [4.69, 9.17) is 10.5 Å². The van der Waals surface area contributed by atoms with Crippen molar-refractivity contribution in [2.45, 2.75) is 6.42 Å². The molecule has 0 unspecified atom stereocenters. The van der Waals surface area contributed by atoms with Gasteiger partial charge in [0, 0.05) is 17.7 Å². The lowest BCUT2D eigenvalue weighted by Crippen LogP contribution is -2.25. The van der Waals surface area contributed by atoms with E-state index in [9.17, 15) is 4.79 Å². The summed E-state index contributed by atoms with van der Waals surface area (Å²) in [5, 5.41) is 9.78. The summed E-state index contributed by atoms with van der Waals surface area (Å²) in [5.74, 6) is 0.547. The zero-order chi connectivity index (χ0) is 13.2. The number of carbonyl (C=O) groups excluding carboxylic acids is 1. The molecule has 0 spiro atoms. The topological polar surface area (TPSA) is 93.0 Å². The molecule has 1 aromatic heterocycles. The minimum absolute atomic E-state index is 0.0660. The zero-order valence-electron chi connectivity index (χ0n) is 10.3. The summed E-state index contributed by atoms with van der Waals surface area (Å²) >= 11 is 0. The van der Waals surface area contributed by atoms with E-state index in [0.717, 1.165) is 23.2 Å². The smallest absolute Gasteiger partial charge is 0.262 e. The molecule has 1 aliphatic rings. The van der Waals surface area contributed by atoms with Crippen LogP contribution in [-0.2, 0) is 11.2 Å². The average molecular weight is 258 g/mol. The number of nitrogens with one attached hydrogen (secondary N) is 2. The SMILES string of the molecule is NCCc1[nH]ncc1-c1ccc2c(c1)NC(=O)CO2. The Morgan fingerprint density at radius 3 is 3.16 bits per heavy atom. The van der Waals surface area contributed by atoms with E-state index < -0.39 is 0 Å². The molecule has 1 amide bonds. The Labute approximate surface area is 110 Å². The van der Waals surface area contributed by atoms with Crippen LogP contribution < -0.4 is 15.8 Å². The van der Waals surface area contributed by atoms with Gasteiger partial charge < -0.3 is 15.8 Å². The van der Waals surface area contributed by atoms with Crippen LogP contribution in [0.15, 0.2) is 24.4 Å². The van der Waals surface area contributed by atoms with Crippen molar-refractivity contribution in [3.63, 3.8) is 0 Å². The highest BCUT2D eigenvalue weighted by atomic mass is 16.5. The Hall–Kier alpha value is -2.34. The Kier molecular flexibility index (Phi) is 2.92. The molecule has 0 saturated carbocycles. The van der Waals surface area contributed by atoms with Gasteiger partial charge in [-0.25, -0.2) is 0 Å². The van der Waals surface area contributed by atoms with Crippen molar-refractivity contribution in [1.82, 2.24) is 10.2 Å². The maximum absolute atomic E-state index is 11.3. The first-order valence-corrected chi connectivity index (χ1v) is 6.07. The highest BCUT2D eigenvalue weighted by Crippen LogP contribution is 2.33. The lowest BCUT2D eigenvalue weighted by atomic mass is 10.0. The molecule has 19 heavy (non-hydrogen) atoms. The van der Waals surface area contributed by atoms with Gasteiger partial charge in [-0.3, -0.25) is 9.89 Å². The van der Waals surface area contributed by atoms with Crippen molar-refractivity contribution >= 4 is 11.6 Å². The molecule has 1 aromatic carbocycles. The molecule has 2 heterocycles. The van der Waals surface area contributed by atoms with Gasteiger partial charge in [0.25, 0.3) is 5.91 Å². The summed E-state index contributed by atoms with van der Waals surface area (Å²) in [5.41, 5.74) is 9.22. The van der Waals surface area contributed by atoms with Gasteiger partial charge in [-0.05, 0) is 24.2 Å². The van der Waals surface area contributed by atoms with Crippen LogP contribution in [0.5, 0.6) is 5.75 Å². The van der Waals surface area contributed by atoms with Crippen LogP contribution in [0.2, 0.25) is 0 Å². The first-order chi connectivity index (χ1) is 9.28. The average Bonchev–Trinajstić information content (AvgIpc) is 2.86. The number of amides is 1. The number of aromatic amines is 1. The number of carbonyl (C=O) groups is 1. The number of H-pyrrole nitrogens is 1. The highest BCUT2D eigenvalue weighted by molar-refractivity contribution is 5.96. The largest absolute Gasteiger partial charge is 0.482 e. The quantitative estimate of drug-likeness (QED) is 0.762. The van der Waals surface area contributed by atoms with Crippen molar-refractivity contribution in [2.75, 3.05) is 18.5 Å². The lowest BCUT2D eigenvalue weighted by Gasteiger charge is -2.18. The third-order valence-corrected chi connectivity index (χ3v) is 3.04. The normalized spacial score (nSPS) is 13.6. The Morgan fingerprint density at radius 1 is 1.42 bits per heavy atom. The van der Waals surface area contributed by atoms with Crippen LogP contribution >= 0.6 is 0 Å². The maximum Gasteiger partial charge on any atom is 0.262 e. The maximum atomic E-state index is 11.3. The number of aromatic nitrogens is 2. The summed E-state index contributed by atoms with van der Waals surface area (Å²) in [6.07, 6.45) is 2.49. The predicted octanol–water partition coefficient (Wildman–Crippen LogP) is 0.909. The number of nitrogens with two attached hydrogens (primary N) is 1. The number of hydrogen-bond donors (Lipinski definition) is 3. The van der Waals surface area contributed by atoms with E-state index in [1.807, 2.05) is 18.2 Å². The van der Waals surface area contributed by atoms with E-state index in [0.29, 0.717) is 18.0 Å². The standard InChI is InChI=1S/C13H14N4O2/c14-4-3-10-9(6-15-17-10)8-1-2-12-11(5-8)16-13(18)7-19-12/h1-2,5-6H,3-4,7,14H2,(H,15,17)(H,16,18). The molecule has 0 aliphatic carbocycles. The van der Waals surface area contributed by atoms with Crippen LogP contribution in [-0.4, -0.2) is 29.3 Å². The Morgan fingerprint density at radius 2 is 2.32 bits per heavy atom. The molecule has 6 nitrogen and oxygen atoms in total. The van der Waals surface area contributed by atoms with Crippen LogP contribution in [0.3, 0.4) is 0 Å². The Bertz CT molecular complexity index is 621. The number of hydrogen-bond acceptors (Lipinski definition) is 4. The summed E-state index contributed by atoms with van der Waals surface area (Å²) in [7, 11) is 0. The molecule has 0 atom stereocenters. The van der Waals surface area contributed by atoms with Gasteiger partial charge in [-0.15, -0.1) is 0 Å². The van der Waals surface area contributed by atoms with Gasteiger partial charge in [0.15, 0.2) is 6.61 Å². The number of anilines is 1. The summed E-state index contributed by atoms with van der Waals surface area (Å²) in [6.45, 7) is 0.621. The molecule has 1 aliphatic heterocycles. The molecule has 0 fully saturated rings. The van der Waals surface area contributed by atoms with Gasteiger partial charge in [0.1, 0.15) is 5.75 Å². The molecule has 2 aromatic rings. The highest BCUT2D eigenvalue weighted by Gasteiger charge is 2.17. The monoisotopic (exact) mass is 258 g/mol. The van der Waals surface area contributed by atoms with Gasteiger partial charge in [-0.2, -0.15) is 5.10 Å². The molecule has 4 N–H and O–H groups in total. The summed E-state index contributed by atoms with van der Waals surface area (Å²) < 4.78 is 5.33. The second-order valence-corrected chi connectivity index (χ2v) is 4.35. The fourth-order valence-electron chi connectivity index (χ4n) is 2.15. The van der Waals surface area contributed by atoms with E-state index >= 15 is 0 Å². The first-order valence-electron chi connectivity index (χ1n) is 6.07. The van der Waals surface area contributed by atoms with Gasteiger partial charge in [0.2, 0.25) is 0 Å². The van der Waals surface area contributed by atoms with Crippen LogP contribution in [0.25, 0.3) is 11.1 Å². The van der Waals surface area contributed by atoms with Crippen molar-refractivity contribution in [3.05, 3.63) is 30.1 Å². The van der Waals surface area contributed by atoms with Gasteiger partial charge in [0.05, 0.1) is 11.9 Å². The van der Waals surface area contributed by atoms with Crippen LogP contribution in [0.4, 0.5) is 5.69 Å². The van der Waals surface area contributed by atoms with Crippen molar-refractivity contribution in [2.24, 2.45) is 5.73 Å². The molecule has 0 saturated heterocycles. The lowest BCUT2D eigenvalue weighted by molar-refractivity contribution is -0.118. The molecule has 3 rings (SSSR count). The third-order valence-electron chi connectivity index (χ3n) is 3.04.